The number of carbonyl (C=O) groups excluding carboxylic acids is 5. The smallest absolute Gasteiger partial charge is 0.163 e. The summed E-state index contributed by atoms with van der Waals surface area (Å²) in [6.07, 6.45) is 12.9. The topological polar surface area (TPSA) is 85.3 Å². The molecule has 10 aromatic carbocycles. The van der Waals surface area contributed by atoms with Gasteiger partial charge in [-0.25, -0.2) is 4.39 Å². The van der Waals surface area contributed by atoms with Crippen molar-refractivity contribution in [2.75, 3.05) is 0 Å². The Morgan fingerprint density at radius 2 is 0.584 bits per heavy atom. The fourth-order valence-electron chi connectivity index (χ4n) is 12.5. The second-order valence-electron chi connectivity index (χ2n) is 25.7. The highest BCUT2D eigenvalue weighted by Gasteiger charge is 2.21. The molecule has 5 aliphatic rings. The van der Waals surface area contributed by atoms with Crippen LogP contribution in [0.3, 0.4) is 0 Å². The van der Waals surface area contributed by atoms with E-state index in [1.165, 1.54) is 17.2 Å². The molecule has 0 N–H and O–H groups in total. The second-order valence-corrected chi connectivity index (χ2v) is 26.5. The molecule has 0 fully saturated rings. The Hall–Kier alpha value is -11.1. The lowest BCUT2D eigenvalue weighted by Gasteiger charge is -2.14. The van der Waals surface area contributed by atoms with Crippen molar-refractivity contribution >= 4 is 52.1 Å². The third-order valence-electron chi connectivity index (χ3n) is 18.0. The van der Waals surface area contributed by atoms with Crippen LogP contribution in [-0.2, 0) is 32.1 Å². The number of hydrogen-bond donors (Lipinski definition) is 0. The molecule has 0 radical (unpaired) electrons. The summed E-state index contributed by atoms with van der Waals surface area (Å²) < 4.78 is 13.2. The standard InChI is InChI=1S/C19H15FO.2C19H16O.2C18H13ClO/c1-13-11-14(8-10-18(13)20)5-6-15-7-9-17-16(12-15)3-2-4-19(17)21;1-14-4-2-5-15(12-14)8-9-16-10-11-18-17(13-16)6-3-7-19(18)20;1-14-5-7-15(8-6-14)9-10-16-11-12-18-17(13-16)3-2-4-19(18)20;19-17-6-2-1-4-14(17)10-8-13-9-11-16-15(12-13)5-3-7-18(16)20;19-16-9-6-13(7-10-16)4-5-14-8-11-17-15(12-14)2-1-3-18(17)20/h7-12H,2-4H2,1H3;2,4-5,10-13H,3,6-7H2,1H3;5-8,11-13H,2-4H2,1H3;1-2,4,6,9,11-12H,3,5,7H2;6-12H,1-3H2. The number of fused-ring (bicyclic) bond motifs is 5. The fraction of sp³-hybridized carbons (Fsp3) is 0.194. The van der Waals surface area contributed by atoms with Gasteiger partial charge in [0.2, 0.25) is 0 Å². The predicted octanol–water partition coefficient (Wildman–Crippen LogP) is 20.4. The van der Waals surface area contributed by atoms with Crippen molar-refractivity contribution in [3.8, 4) is 59.2 Å². The van der Waals surface area contributed by atoms with Crippen molar-refractivity contribution < 1.29 is 28.4 Å². The largest absolute Gasteiger partial charge is 0.294 e. The molecule has 0 amide bonds. The SMILES string of the molecule is Cc1cc(C#Cc2ccc3c(c2)CCCC3=O)ccc1F.Cc1ccc(C#Cc2ccc3c(c2)CCCC3=O)cc1.Cc1cccc(C#Cc2ccc3c(c2)CCCC3=O)c1.O=C1CCCc2cc(C#Cc3ccc(Cl)cc3)ccc21.O=C1CCCc2cc(C#Cc3ccccc3Cl)ccc21. The molecular formula is C93H73Cl2FO5. The zero-order valence-electron chi connectivity index (χ0n) is 56.9. The van der Waals surface area contributed by atoms with Crippen molar-refractivity contribution in [3.63, 3.8) is 0 Å². The van der Waals surface area contributed by atoms with Gasteiger partial charge < -0.3 is 0 Å². The molecule has 0 spiro atoms. The molecule has 0 heterocycles. The molecule has 0 saturated carbocycles. The average Bonchev–Trinajstić information content (AvgIpc) is 0.913. The van der Waals surface area contributed by atoms with Crippen LogP contribution in [-0.4, -0.2) is 28.9 Å². The number of rotatable bonds is 0. The number of halogens is 3. The van der Waals surface area contributed by atoms with Crippen molar-refractivity contribution in [1.82, 2.24) is 0 Å². The van der Waals surface area contributed by atoms with Crippen molar-refractivity contribution in [2.45, 2.75) is 117 Å². The van der Waals surface area contributed by atoms with E-state index in [1.54, 1.807) is 19.1 Å². The Balaban J connectivity index is 0.000000127. The fourth-order valence-corrected chi connectivity index (χ4v) is 12.8. The number of hydrogen-bond acceptors (Lipinski definition) is 5. The summed E-state index contributed by atoms with van der Waals surface area (Å²) in [4.78, 5) is 58.9. The number of benzene rings is 10. The Morgan fingerprint density at radius 3 is 0.941 bits per heavy atom. The summed E-state index contributed by atoms with van der Waals surface area (Å²) in [7, 11) is 0. The maximum Gasteiger partial charge on any atom is 0.163 e. The van der Waals surface area contributed by atoms with Gasteiger partial charge in [-0.1, -0.05) is 124 Å². The van der Waals surface area contributed by atoms with Crippen LogP contribution >= 0.6 is 23.2 Å². The van der Waals surface area contributed by atoms with Crippen molar-refractivity contribution in [1.29, 1.82) is 0 Å². The Kier molecular flexibility index (Phi) is 24.4. The Morgan fingerprint density at radius 1 is 0.277 bits per heavy atom. The number of ketones is 5. The minimum absolute atomic E-state index is 0.215. The minimum atomic E-state index is -0.215. The van der Waals surface area contributed by atoms with Gasteiger partial charge >= 0.3 is 0 Å². The molecule has 496 valence electrons. The van der Waals surface area contributed by atoms with E-state index in [9.17, 15) is 28.4 Å². The Labute approximate surface area is 603 Å². The van der Waals surface area contributed by atoms with E-state index in [2.05, 4.69) is 109 Å². The second kappa shape index (κ2) is 34.6. The van der Waals surface area contributed by atoms with E-state index in [4.69, 9.17) is 23.2 Å². The molecule has 5 aliphatic carbocycles. The third-order valence-corrected chi connectivity index (χ3v) is 18.6. The third kappa shape index (κ3) is 20.0. The van der Waals surface area contributed by atoms with E-state index < -0.39 is 0 Å². The predicted molar refractivity (Wildman–Crippen MR) is 405 cm³/mol. The van der Waals surface area contributed by atoms with Crippen molar-refractivity contribution in [2.24, 2.45) is 0 Å². The monoisotopic (exact) mass is 1360 g/mol. The lowest BCUT2D eigenvalue weighted by Crippen LogP contribution is -2.10. The van der Waals surface area contributed by atoms with Gasteiger partial charge in [-0.15, -0.1) is 0 Å². The lowest BCUT2D eigenvalue weighted by atomic mass is 9.89. The van der Waals surface area contributed by atoms with E-state index in [1.807, 2.05) is 152 Å². The zero-order valence-corrected chi connectivity index (χ0v) is 58.4. The first-order valence-corrected chi connectivity index (χ1v) is 35.1. The molecule has 0 aliphatic heterocycles. The Bertz CT molecular complexity index is 5060. The van der Waals surface area contributed by atoms with Crippen molar-refractivity contribution in [3.05, 3.63) is 350 Å². The number of Topliss-reactive ketones (excluding diaryl/α,β-unsaturated/α-hetero) is 5. The first-order chi connectivity index (χ1) is 49.0. The van der Waals surface area contributed by atoms with E-state index in [0.717, 1.165) is 175 Å². The summed E-state index contributed by atoms with van der Waals surface area (Å²) in [5, 5.41) is 1.37. The van der Waals surface area contributed by atoms with E-state index >= 15 is 0 Å². The van der Waals surface area contributed by atoms with Crippen LogP contribution in [0.4, 0.5) is 4.39 Å². The van der Waals surface area contributed by atoms with Gasteiger partial charge in [0, 0.05) is 121 Å². The van der Waals surface area contributed by atoms with Crippen LogP contribution < -0.4 is 0 Å². The highest BCUT2D eigenvalue weighted by atomic mass is 35.5. The normalized spacial score (nSPS) is 13.3. The van der Waals surface area contributed by atoms with Gasteiger partial charge in [-0.3, -0.25) is 24.0 Å². The van der Waals surface area contributed by atoms with Crippen LogP contribution in [0, 0.1) is 85.8 Å². The first-order valence-electron chi connectivity index (χ1n) is 34.3. The van der Waals surface area contributed by atoms with Crippen LogP contribution in [0.15, 0.2) is 206 Å². The summed E-state index contributed by atoms with van der Waals surface area (Å²) in [6.45, 7) is 5.86. The van der Waals surface area contributed by atoms with Gasteiger partial charge in [0.1, 0.15) is 5.82 Å². The molecule has 0 aromatic heterocycles. The molecular weight excluding hydrogens is 1290 g/mol. The molecule has 8 heteroatoms. The molecule has 0 saturated heterocycles. The van der Waals surface area contributed by atoms with Gasteiger partial charge in [-0.2, -0.15) is 0 Å². The van der Waals surface area contributed by atoms with Gasteiger partial charge in [0.25, 0.3) is 0 Å². The van der Waals surface area contributed by atoms with E-state index in [-0.39, 0.29) is 34.7 Å². The molecule has 0 atom stereocenters. The highest BCUT2D eigenvalue weighted by molar-refractivity contribution is 6.31. The molecule has 0 bridgehead atoms. The van der Waals surface area contributed by atoms with Crippen LogP contribution in [0.2, 0.25) is 10.0 Å². The summed E-state index contributed by atoms with van der Waals surface area (Å²) in [6, 6.07) is 65.5. The maximum atomic E-state index is 13.2. The molecule has 10 aromatic rings. The van der Waals surface area contributed by atoms with E-state index in [0.29, 0.717) is 47.7 Å². The highest BCUT2D eigenvalue weighted by Crippen LogP contribution is 2.28. The van der Waals surface area contributed by atoms with Gasteiger partial charge in [-0.05, 0) is 294 Å². The summed E-state index contributed by atoms with van der Waals surface area (Å²) >= 11 is 11.9. The van der Waals surface area contributed by atoms with Gasteiger partial charge in [0.05, 0.1) is 5.02 Å². The lowest BCUT2D eigenvalue weighted by molar-refractivity contribution is 0.0964. The molecule has 5 nitrogen and oxygen atoms in total. The molecule has 15 rings (SSSR count). The zero-order chi connectivity index (χ0) is 70.6. The maximum absolute atomic E-state index is 13.2. The number of aryl methyl sites for hydroxylation is 8. The summed E-state index contributed by atoms with van der Waals surface area (Å²) in [5.41, 5.74) is 22.4. The minimum Gasteiger partial charge on any atom is -0.294 e. The quantitative estimate of drug-likeness (QED) is 0.141. The molecule has 0 unspecified atom stereocenters. The average molecular weight is 1360 g/mol. The first kappa shape index (κ1) is 71.2. The molecule has 101 heavy (non-hydrogen) atoms. The van der Waals surface area contributed by atoms with Crippen LogP contribution in [0.1, 0.15) is 216 Å². The number of carbonyl (C=O) groups is 5. The van der Waals surface area contributed by atoms with Crippen LogP contribution in [0.25, 0.3) is 0 Å². The van der Waals surface area contributed by atoms with Crippen LogP contribution in [0.5, 0.6) is 0 Å². The summed E-state index contributed by atoms with van der Waals surface area (Å²) in [5.74, 6) is 32.4. The van der Waals surface area contributed by atoms with Gasteiger partial charge in [0.15, 0.2) is 28.9 Å².